The normalized spacial score (nSPS) is 20.4. The second-order valence-electron chi connectivity index (χ2n) is 3.81. The average molecular weight is 194 g/mol. The summed E-state index contributed by atoms with van der Waals surface area (Å²) in [6, 6.07) is 0. The van der Waals surface area contributed by atoms with Gasteiger partial charge < -0.3 is 4.90 Å². The molecule has 1 saturated heterocycles. The quantitative estimate of drug-likeness (QED) is 0.615. The lowest BCUT2D eigenvalue weighted by molar-refractivity contribution is 0.143. The predicted octanol–water partition coefficient (Wildman–Crippen LogP) is 1.76. The van der Waals surface area contributed by atoms with Crippen molar-refractivity contribution in [1.29, 1.82) is 0 Å². The van der Waals surface area contributed by atoms with E-state index in [1.807, 2.05) is 12.2 Å². The van der Waals surface area contributed by atoms with Crippen molar-refractivity contribution in [1.82, 2.24) is 9.80 Å². The van der Waals surface area contributed by atoms with Gasteiger partial charge in [0, 0.05) is 32.7 Å². The highest BCUT2D eigenvalue weighted by Gasteiger charge is 2.14. The van der Waals surface area contributed by atoms with Crippen molar-refractivity contribution in [2.45, 2.75) is 13.3 Å². The van der Waals surface area contributed by atoms with Crippen LogP contribution in [-0.2, 0) is 0 Å². The molecule has 0 aliphatic carbocycles. The Kier molecular flexibility index (Phi) is 5.57. The minimum absolute atomic E-state index is 1.08. The summed E-state index contributed by atoms with van der Waals surface area (Å²) < 4.78 is 0. The van der Waals surface area contributed by atoms with Gasteiger partial charge in [-0.3, -0.25) is 4.90 Å². The van der Waals surface area contributed by atoms with E-state index >= 15 is 0 Å². The van der Waals surface area contributed by atoms with Crippen molar-refractivity contribution in [2.75, 3.05) is 39.3 Å². The fourth-order valence-electron chi connectivity index (χ4n) is 1.82. The number of nitrogens with zero attached hydrogens (tertiary/aromatic N) is 2. The second-order valence-corrected chi connectivity index (χ2v) is 3.81. The van der Waals surface area contributed by atoms with Crippen molar-refractivity contribution >= 4 is 0 Å². The van der Waals surface area contributed by atoms with Gasteiger partial charge in [-0.25, -0.2) is 0 Å². The summed E-state index contributed by atoms with van der Waals surface area (Å²) in [4.78, 5) is 5.04. The van der Waals surface area contributed by atoms with Crippen LogP contribution in [0.3, 0.4) is 0 Å². The Morgan fingerprint density at radius 2 is 1.79 bits per heavy atom. The van der Waals surface area contributed by atoms with Crippen molar-refractivity contribution in [3.63, 3.8) is 0 Å². The highest BCUT2D eigenvalue weighted by molar-refractivity contribution is 4.98. The van der Waals surface area contributed by atoms with Gasteiger partial charge in [0.15, 0.2) is 0 Å². The molecule has 0 aromatic carbocycles. The molecule has 0 radical (unpaired) electrons. The predicted molar refractivity (Wildman–Crippen MR) is 62.5 cm³/mol. The lowest BCUT2D eigenvalue weighted by Crippen LogP contribution is -2.46. The van der Waals surface area contributed by atoms with Crippen LogP contribution in [0.4, 0.5) is 0 Å². The Bertz CT molecular complexity index is 179. The molecule has 1 aliphatic heterocycles. The zero-order valence-corrected chi connectivity index (χ0v) is 9.28. The van der Waals surface area contributed by atoms with Crippen molar-refractivity contribution in [3.8, 4) is 0 Å². The van der Waals surface area contributed by atoms with E-state index in [1.54, 1.807) is 0 Å². The van der Waals surface area contributed by atoms with Crippen LogP contribution in [0.15, 0.2) is 24.8 Å². The van der Waals surface area contributed by atoms with E-state index in [0.717, 1.165) is 6.54 Å². The molecule has 0 atom stereocenters. The smallest absolute Gasteiger partial charge is 0.0167 e. The molecule has 1 aliphatic rings. The molecule has 0 bridgehead atoms. The maximum absolute atomic E-state index is 3.67. The zero-order chi connectivity index (χ0) is 10.2. The summed E-state index contributed by atoms with van der Waals surface area (Å²) in [5, 5.41) is 0. The number of piperazine rings is 1. The molecule has 0 saturated carbocycles. The van der Waals surface area contributed by atoms with Crippen LogP contribution in [0, 0.1) is 0 Å². The van der Waals surface area contributed by atoms with E-state index in [-0.39, 0.29) is 0 Å². The largest absolute Gasteiger partial charge is 0.301 e. The molecule has 1 rings (SSSR count). The van der Waals surface area contributed by atoms with Crippen LogP contribution >= 0.6 is 0 Å². The molecule has 0 amide bonds. The third-order valence-electron chi connectivity index (χ3n) is 2.64. The van der Waals surface area contributed by atoms with Crippen LogP contribution < -0.4 is 0 Å². The third kappa shape index (κ3) is 4.07. The van der Waals surface area contributed by atoms with E-state index in [0.29, 0.717) is 0 Å². The minimum atomic E-state index is 1.08. The summed E-state index contributed by atoms with van der Waals surface area (Å²) in [5.74, 6) is 0. The van der Waals surface area contributed by atoms with Crippen molar-refractivity contribution in [3.05, 3.63) is 24.8 Å². The Morgan fingerprint density at radius 1 is 1.14 bits per heavy atom. The highest BCUT2D eigenvalue weighted by Crippen LogP contribution is 2.01. The van der Waals surface area contributed by atoms with Gasteiger partial charge in [-0.2, -0.15) is 0 Å². The molecule has 14 heavy (non-hydrogen) atoms. The Labute approximate surface area is 87.9 Å². The SMILES string of the molecule is C=C/C=C\CN1CCN(CCC)CC1. The van der Waals surface area contributed by atoms with E-state index in [2.05, 4.69) is 29.4 Å². The van der Waals surface area contributed by atoms with Gasteiger partial charge in [0.1, 0.15) is 0 Å². The molecule has 0 aromatic rings. The fraction of sp³-hybridized carbons (Fsp3) is 0.667. The lowest BCUT2D eigenvalue weighted by atomic mass is 10.3. The molecule has 1 heterocycles. The van der Waals surface area contributed by atoms with Gasteiger partial charge in [0.25, 0.3) is 0 Å². The number of rotatable bonds is 5. The van der Waals surface area contributed by atoms with Crippen LogP contribution in [-0.4, -0.2) is 49.1 Å². The molecule has 2 nitrogen and oxygen atoms in total. The first-order valence-electron chi connectivity index (χ1n) is 5.59. The van der Waals surface area contributed by atoms with Gasteiger partial charge >= 0.3 is 0 Å². The van der Waals surface area contributed by atoms with E-state index < -0.39 is 0 Å². The monoisotopic (exact) mass is 194 g/mol. The first-order chi connectivity index (χ1) is 6.86. The van der Waals surface area contributed by atoms with Crippen LogP contribution in [0.2, 0.25) is 0 Å². The third-order valence-corrected chi connectivity index (χ3v) is 2.64. The molecule has 0 N–H and O–H groups in total. The molecule has 0 spiro atoms. The van der Waals surface area contributed by atoms with E-state index in [4.69, 9.17) is 0 Å². The summed E-state index contributed by atoms with van der Waals surface area (Å²) in [6.07, 6.45) is 7.32. The summed E-state index contributed by atoms with van der Waals surface area (Å²) >= 11 is 0. The standard InChI is InChI=1S/C12H22N2/c1-3-5-6-8-14-11-9-13(7-4-2)10-12-14/h3,5-6H,1,4,7-12H2,2H3/b6-5-. The summed E-state index contributed by atoms with van der Waals surface area (Å²) in [5.41, 5.74) is 0. The zero-order valence-electron chi connectivity index (χ0n) is 9.28. The molecule has 2 heteroatoms. The van der Waals surface area contributed by atoms with Crippen LogP contribution in [0.1, 0.15) is 13.3 Å². The summed E-state index contributed by atoms with van der Waals surface area (Å²) in [7, 11) is 0. The van der Waals surface area contributed by atoms with Crippen molar-refractivity contribution in [2.24, 2.45) is 0 Å². The van der Waals surface area contributed by atoms with E-state index in [9.17, 15) is 0 Å². The topological polar surface area (TPSA) is 6.48 Å². The molecular weight excluding hydrogens is 172 g/mol. The van der Waals surface area contributed by atoms with E-state index in [1.165, 1.54) is 39.1 Å². The van der Waals surface area contributed by atoms with Crippen LogP contribution in [0.5, 0.6) is 0 Å². The first kappa shape index (κ1) is 11.5. The van der Waals surface area contributed by atoms with Gasteiger partial charge in [0.05, 0.1) is 0 Å². The number of hydrogen-bond donors (Lipinski definition) is 0. The van der Waals surface area contributed by atoms with Crippen LogP contribution in [0.25, 0.3) is 0 Å². The number of allylic oxidation sites excluding steroid dienone is 2. The second kappa shape index (κ2) is 6.80. The fourth-order valence-corrected chi connectivity index (χ4v) is 1.82. The maximum Gasteiger partial charge on any atom is 0.0167 e. The average Bonchev–Trinajstić information content (AvgIpc) is 2.21. The molecule has 1 fully saturated rings. The maximum atomic E-state index is 3.67. The van der Waals surface area contributed by atoms with Gasteiger partial charge in [-0.1, -0.05) is 31.7 Å². The molecule has 80 valence electrons. The van der Waals surface area contributed by atoms with Gasteiger partial charge in [-0.15, -0.1) is 0 Å². The first-order valence-corrected chi connectivity index (χ1v) is 5.59. The minimum Gasteiger partial charge on any atom is -0.301 e. The lowest BCUT2D eigenvalue weighted by Gasteiger charge is -2.33. The Hall–Kier alpha value is -0.600. The van der Waals surface area contributed by atoms with Gasteiger partial charge in [0.2, 0.25) is 0 Å². The number of hydrogen-bond acceptors (Lipinski definition) is 2. The molecule has 0 unspecified atom stereocenters. The van der Waals surface area contributed by atoms with Gasteiger partial charge in [-0.05, 0) is 13.0 Å². The molecular formula is C12H22N2. The summed E-state index contributed by atoms with van der Waals surface area (Å²) in [6.45, 7) is 13.1. The highest BCUT2D eigenvalue weighted by atomic mass is 15.3. The Balaban J connectivity index is 2.15. The Morgan fingerprint density at radius 3 is 2.36 bits per heavy atom. The van der Waals surface area contributed by atoms with Crippen molar-refractivity contribution < 1.29 is 0 Å². The molecule has 0 aromatic heterocycles.